The van der Waals surface area contributed by atoms with E-state index in [2.05, 4.69) is 22.8 Å². The molecular formula is C21H25N3O4. The Bertz CT molecular complexity index is 821. The van der Waals surface area contributed by atoms with Gasteiger partial charge in [-0.2, -0.15) is 5.10 Å². The summed E-state index contributed by atoms with van der Waals surface area (Å²) in [6.07, 6.45) is 3.21. The molecule has 0 bridgehead atoms. The average Bonchev–Trinajstić information content (AvgIpc) is 2.69. The number of carbonyl (C=O) groups excluding carboxylic acids is 2. The van der Waals surface area contributed by atoms with Gasteiger partial charge in [0.25, 0.3) is 0 Å². The lowest BCUT2D eigenvalue weighted by molar-refractivity contribution is -0.126. The van der Waals surface area contributed by atoms with Crippen molar-refractivity contribution in [2.24, 2.45) is 5.10 Å². The van der Waals surface area contributed by atoms with Gasteiger partial charge in [-0.3, -0.25) is 9.59 Å². The lowest BCUT2D eigenvalue weighted by atomic mass is 10.2. The van der Waals surface area contributed by atoms with Crippen molar-refractivity contribution in [1.82, 2.24) is 5.43 Å². The molecule has 2 aromatic rings. The third kappa shape index (κ3) is 7.11. The second kappa shape index (κ2) is 11.4. The lowest BCUT2D eigenvalue weighted by Crippen LogP contribution is -2.24. The Balaban J connectivity index is 1.81. The van der Waals surface area contributed by atoms with Crippen LogP contribution in [0.2, 0.25) is 0 Å². The van der Waals surface area contributed by atoms with E-state index < -0.39 is 11.8 Å². The number of hydrogen-bond donors (Lipinski definition) is 2. The number of hydrazone groups is 1. The highest BCUT2D eigenvalue weighted by atomic mass is 16.5. The summed E-state index contributed by atoms with van der Waals surface area (Å²) in [5.41, 5.74) is 3.64. The maximum atomic E-state index is 12.0. The zero-order valence-electron chi connectivity index (χ0n) is 16.1. The summed E-state index contributed by atoms with van der Waals surface area (Å²) in [6.45, 7) is 2.76. The molecule has 0 unspecified atom stereocenters. The summed E-state index contributed by atoms with van der Waals surface area (Å²) in [5, 5.41) is 6.53. The van der Waals surface area contributed by atoms with Gasteiger partial charge < -0.3 is 14.8 Å². The Hall–Kier alpha value is -3.35. The van der Waals surface area contributed by atoms with Gasteiger partial charge in [-0.05, 0) is 36.2 Å². The van der Waals surface area contributed by atoms with Crippen molar-refractivity contribution in [2.75, 3.05) is 19.0 Å². The fraction of sp³-hybridized carbons (Fsp3) is 0.286. The fourth-order valence-electron chi connectivity index (χ4n) is 2.33. The normalized spacial score (nSPS) is 10.5. The molecule has 0 radical (unpaired) electrons. The van der Waals surface area contributed by atoms with E-state index in [-0.39, 0.29) is 6.42 Å². The molecule has 7 heteroatoms. The van der Waals surface area contributed by atoms with Gasteiger partial charge in [-0.15, -0.1) is 0 Å². The summed E-state index contributed by atoms with van der Waals surface area (Å²) in [4.78, 5) is 23.9. The SMILES string of the molecule is CCCCOc1cccc(C=NNC(=O)CC(=O)Nc2ccccc2OC)c1. The first-order valence-corrected chi connectivity index (χ1v) is 9.10. The standard InChI is InChI=1S/C21H25N3O4/c1-3-4-12-28-17-9-7-8-16(13-17)15-22-24-21(26)14-20(25)23-18-10-5-6-11-19(18)27-2/h5-11,13,15H,3-4,12,14H2,1-2H3,(H,23,25)(H,24,26). The smallest absolute Gasteiger partial charge is 0.249 e. The minimum Gasteiger partial charge on any atom is -0.495 e. The number of methoxy groups -OCH3 is 1. The molecule has 0 heterocycles. The number of carbonyl (C=O) groups is 2. The molecule has 0 spiro atoms. The van der Waals surface area contributed by atoms with E-state index in [1.807, 2.05) is 24.3 Å². The van der Waals surface area contributed by atoms with Crippen molar-refractivity contribution in [3.63, 3.8) is 0 Å². The quantitative estimate of drug-likeness (QED) is 0.285. The Morgan fingerprint density at radius 1 is 1.11 bits per heavy atom. The van der Waals surface area contributed by atoms with Gasteiger partial charge in [0.05, 0.1) is 25.6 Å². The van der Waals surface area contributed by atoms with Gasteiger partial charge in [-0.25, -0.2) is 5.43 Å². The summed E-state index contributed by atoms with van der Waals surface area (Å²) in [7, 11) is 1.51. The molecule has 2 amide bonds. The highest BCUT2D eigenvalue weighted by molar-refractivity contribution is 6.04. The molecule has 0 saturated heterocycles. The molecule has 2 N–H and O–H groups in total. The largest absolute Gasteiger partial charge is 0.495 e. The van der Waals surface area contributed by atoms with Gasteiger partial charge in [-0.1, -0.05) is 37.6 Å². The van der Waals surface area contributed by atoms with Crippen LogP contribution in [0.4, 0.5) is 5.69 Å². The van der Waals surface area contributed by atoms with Crippen molar-refractivity contribution in [3.05, 3.63) is 54.1 Å². The van der Waals surface area contributed by atoms with Crippen molar-refractivity contribution >= 4 is 23.7 Å². The maximum absolute atomic E-state index is 12.0. The zero-order valence-corrected chi connectivity index (χ0v) is 16.1. The minimum absolute atomic E-state index is 0.352. The van der Waals surface area contributed by atoms with E-state index in [9.17, 15) is 9.59 Å². The Morgan fingerprint density at radius 2 is 1.93 bits per heavy atom. The molecule has 28 heavy (non-hydrogen) atoms. The van der Waals surface area contributed by atoms with E-state index in [0.29, 0.717) is 18.0 Å². The first-order chi connectivity index (χ1) is 13.6. The molecule has 148 valence electrons. The molecule has 0 atom stereocenters. The van der Waals surface area contributed by atoms with Gasteiger partial charge in [0.2, 0.25) is 11.8 Å². The molecule has 7 nitrogen and oxygen atoms in total. The minimum atomic E-state index is -0.515. The number of ether oxygens (including phenoxy) is 2. The fourth-order valence-corrected chi connectivity index (χ4v) is 2.33. The number of hydrogen-bond acceptors (Lipinski definition) is 5. The Labute approximate surface area is 164 Å². The van der Waals surface area contributed by atoms with Crippen molar-refractivity contribution in [1.29, 1.82) is 0 Å². The van der Waals surface area contributed by atoms with Crippen LogP contribution in [0.3, 0.4) is 0 Å². The second-order valence-corrected chi connectivity index (χ2v) is 5.99. The Kier molecular flexibility index (Phi) is 8.52. The van der Waals surface area contributed by atoms with Crippen LogP contribution < -0.4 is 20.2 Å². The highest BCUT2D eigenvalue weighted by Crippen LogP contribution is 2.22. The van der Waals surface area contributed by atoms with Crippen LogP contribution in [0.15, 0.2) is 53.6 Å². The number of amides is 2. The molecule has 2 aromatic carbocycles. The van der Waals surface area contributed by atoms with E-state index in [0.717, 1.165) is 24.2 Å². The number of anilines is 1. The highest BCUT2D eigenvalue weighted by Gasteiger charge is 2.11. The zero-order chi connectivity index (χ0) is 20.2. The van der Waals surface area contributed by atoms with Gasteiger partial charge in [0.15, 0.2) is 0 Å². The molecule has 0 saturated carbocycles. The molecule has 0 aromatic heterocycles. The van der Waals surface area contributed by atoms with Crippen molar-refractivity contribution in [3.8, 4) is 11.5 Å². The molecule has 0 aliphatic rings. The van der Waals surface area contributed by atoms with E-state index in [4.69, 9.17) is 9.47 Å². The molecule has 0 aliphatic carbocycles. The molecular weight excluding hydrogens is 358 g/mol. The van der Waals surface area contributed by atoms with Crippen LogP contribution in [0.5, 0.6) is 11.5 Å². The van der Waals surface area contributed by atoms with Crippen LogP contribution in [0.25, 0.3) is 0 Å². The second-order valence-electron chi connectivity index (χ2n) is 5.99. The van der Waals surface area contributed by atoms with Crippen LogP contribution in [0.1, 0.15) is 31.7 Å². The number of nitrogens with one attached hydrogen (secondary N) is 2. The third-order valence-corrected chi connectivity index (χ3v) is 3.73. The summed E-state index contributed by atoms with van der Waals surface area (Å²) in [6, 6.07) is 14.4. The number of unbranched alkanes of at least 4 members (excludes halogenated alkanes) is 1. The first kappa shape index (κ1) is 21.0. The van der Waals surface area contributed by atoms with Crippen molar-refractivity contribution < 1.29 is 19.1 Å². The number of nitrogens with zero attached hydrogens (tertiary/aromatic N) is 1. The van der Waals surface area contributed by atoms with Gasteiger partial charge in [0, 0.05) is 0 Å². The maximum Gasteiger partial charge on any atom is 0.249 e. The van der Waals surface area contributed by atoms with E-state index in [1.165, 1.54) is 13.3 Å². The number of para-hydroxylation sites is 2. The third-order valence-electron chi connectivity index (χ3n) is 3.73. The molecule has 0 aliphatic heterocycles. The van der Waals surface area contributed by atoms with Crippen LogP contribution in [-0.2, 0) is 9.59 Å². The van der Waals surface area contributed by atoms with Crippen LogP contribution in [0, 0.1) is 0 Å². The predicted molar refractivity (Wildman–Crippen MR) is 109 cm³/mol. The summed E-state index contributed by atoms with van der Waals surface area (Å²) in [5.74, 6) is 0.303. The predicted octanol–water partition coefficient (Wildman–Crippen LogP) is 3.35. The Morgan fingerprint density at radius 3 is 2.71 bits per heavy atom. The lowest BCUT2D eigenvalue weighted by Gasteiger charge is -2.09. The molecule has 2 rings (SSSR count). The van der Waals surface area contributed by atoms with Crippen LogP contribution in [-0.4, -0.2) is 31.7 Å². The average molecular weight is 383 g/mol. The molecule has 0 fully saturated rings. The first-order valence-electron chi connectivity index (χ1n) is 9.10. The van der Waals surface area contributed by atoms with E-state index >= 15 is 0 Å². The summed E-state index contributed by atoms with van der Waals surface area (Å²) >= 11 is 0. The summed E-state index contributed by atoms with van der Waals surface area (Å²) < 4.78 is 10.8. The van der Waals surface area contributed by atoms with E-state index in [1.54, 1.807) is 24.3 Å². The monoisotopic (exact) mass is 383 g/mol. The van der Waals surface area contributed by atoms with Crippen LogP contribution >= 0.6 is 0 Å². The van der Waals surface area contributed by atoms with Gasteiger partial charge >= 0.3 is 0 Å². The van der Waals surface area contributed by atoms with Gasteiger partial charge in [0.1, 0.15) is 17.9 Å². The number of rotatable bonds is 10. The number of benzene rings is 2. The topological polar surface area (TPSA) is 89.0 Å². The van der Waals surface area contributed by atoms with Crippen molar-refractivity contribution in [2.45, 2.75) is 26.2 Å².